The van der Waals surface area contributed by atoms with E-state index in [0.717, 1.165) is 0 Å². The van der Waals surface area contributed by atoms with Crippen LogP contribution in [0.4, 0.5) is 5.69 Å². The Bertz CT molecular complexity index is 1200. The molecule has 1 unspecified atom stereocenters. The van der Waals surface area contributed by atoms with Gasteiger partial charge in [0.05, 0.1) is 17.9 Å². The van der Waals surface area contributed by atoms with Crippen molar-refractivity contribution in [3.63, 3.8) is 0 Å². The van der Waals surface area contributed by atoms with Gasteiger partial charge in [-0.25, -0.2) is 0 Å². The van der Waals surface area contributed by atoms with Crippen LogP contribution in [0.3, 0.4) is 0 Å². The smallest absolute Gasteiger partial charge is 0.296 e. The summed E-state index contributed by atoms with van der Waals surface area (Å²) in [5, 5.41) is 11.5. The van der Waals surface area contributed by atoms with Crippen molar-refractivity contribution in [2.45, 2.75) is 32.2 Å². The Labute approximate surface area is 211 Å². The molecule has 2 heterocycles. The van der Waals surface area contributed by atoms with Crippen molar-refractivity contribution < 1.29 is 24.2 Å². The zero-order valence-electron chi connectivity index (χ0n) is 21.3. The number of aliphatic hydroxyl groups excluding tert-OH is 1. The molecule has 1 atom stereocenters. The van der Waals surface area contributed by atoms with Gasteiger partial charge >= 0.3 is 0 Å². The van der Waals surface area contributed by atoms with Gasteiger partial charge < -0.3 is 24.5 Å². The summed E-state index contributed by atoms with van der Waals surface area (Å²) in [6.45, 7) is 5.63. The number of nitrogens with zero attached hydrogens (tertiary/aromatic N) is 3. The van der Waals surface area contributed by atoms with E-state index in [1.54, 1.807) is 41.3 Å². The molecule has 1 spiro atoms. The minimum atomic E-state index is -1.71. The molecule has 0 bridgehead atoms. The fourth-order valence-corrected chi connectivity index (χ4v) is 5.18. The Morgan fingerprint density at radius 2 is 1.69 bits per heavy atom. The van der Waals surface area contributed by atoms with Crippen LogP contribution in [0.15, 0.2) is 54.1 Å². The molecule has 2 aliphatic heterocycles. The number of hydrogen-bond acceptors (Lipinski definition) is 6. The lowest BCUT2D eigenvalue weighted by atomic mass is 9.82. The number of ketones is 1. The Kier molecular flexibility index (Phi) is 7.17. The summed E-state index contributed by atoms with van der Waals surface area (Å²) in [4.78, 5) is 46.3. The Hall–Kier alpha value is -3.65. The van der Waals surface area contributed by atoms with E-state index in [2.05, 4.69) is 0 Å². The lowest BCUT2D eigenvalue weighted by molar-refractivity contribution is -0.143. The van der Waals surface area contributed by atoms with Gasteiger partial charge in [0.15, 0.2) is 5.54 Å². The third-order valence-electron chi connectivity index (χ3n) is 6.68. The first-order valence-electron chi connectivity index (χ1n) is 12.4. The average molecular weight is 492 g/mol. The van der Waals surface area contributed by atoms with E-state index in [-0.39, 0.29) is 23.8 Å². The van der Waals surface area contributed by atoms with Gasteiger partial charge in [0.2, 0.25) is 0 Å². The third kappa shape index (κ3) is 3.95. The molecule has 0 aromatic heterocycles. The highest BCUT2D eigenvalue weighted by Crippen LogP contribution is 2.53. The summed E-state index contributed by atoms with van der Waals surface area (Å²) in [7, 11) is 3.85. The van der Waals surface area contributed by atoms with Crippen molar-refractivity contribution in [3.05, 3.63) is 65.2 Å². The summed E-state index contributed by atoms with van der Waals surface area (Å²) >= 11 is 0. The van der Waals surface area contributed by atoms with Crippen molar-refractivity contribution in [3.8, 4) is 5.75 Å². The van der Waals surface area contributed by atoms with Gasteiger partial charge in [0, 0.05) is 24.2 Å². The van der Waals surface area contributed by atoms with Crippen LogP contribution in [0, 0.1) is 0 Å². The van der Waals surface area contributed by atoms with Crippen molar-refractivity contribution in [2.24, 2.45) is 0 Å². The second-order valence-corrected chi connectivity index (χ2v) is 9.31. The summed E-state index contributed by atoms with van der Waals surface area (Å²) in [6, 6.07) is 13.9. The Morgan fingerprint density at radius 3 is 2.33 bits per heavy atom. The summed E-state index contributed by atoms with van der Waals surface area (Å²) in [5.41, 5.74) is -0.364. The van der Waals surface area contributed by atoms with Crippen LogP contribution in [0.25, 0.3) is 5.76 Å². The maximum atomic E-state index is 14.3. The molecular weight excluding hydrogens is 458 g/mol. The van der Waals surface area contributed by atoms with Gasteiger partial charge in [-0.15, -0.1) is 0 Å². The summed E-state index contributed by atoms with van der Waals surface area (Å²) < 4.78 is 5.49. The molecule has 0 radical (unpaired) electrons. The van der Waals surface area contributed by atoms with E-state index in [1.165, 1.54) is 4.90 Å². The number of fused-ring (bicyclic) bond motifs is 2. The van der Waals surface area contributed by atoms with Gasteiger partial charge in [0.25, 0.3) is 17.6 Å². The fourth-order valence-electron chi connectivity index (χ4n) is 5.18. The molecule has 8 heteroatoms. The molecule has 8 nitrogen and oxygen atoms in total. The van der Waals surface area contributed by atoms with Crippen LogP contribution in [0.1, 0.15) is 37.8 Å². The molecule has 190 valence electrons. The highest BCUT2D eigenvalue weighted by molar-refractivity contribution is 6.50. The third-order valence-corrected chi connectivity index (χ3v) is 6.68. The second-order valence-electron chi connectivity index (χ2n) is 9.31. The quantitative estimate of drug-likeness (QED) is 0.329. The zero-order valence-corrected chi connectivity index (χ0v) is 21.3. The maximum absolute atomic E-state index is 14.3. The monoisotopic (exact) mass is 491 g/mol. The van der Waals surface area contributed by atoms with Crippen molar-refractivity contribution >= 4 is 29.0 Å². The average Bonchev–Trinajstić information content (AvgIpc) is 3.23. The molecular formula is C28H33N3O5. The maximum Gasteiger partial charge on any atom is 0.296 e. The number of ether oxygens (including phenoxy) is 1. The number of aliphatic hydroxyl groups is 1. The number of likely N-dealkylation sites (tertiary alicyclic amines) is 1. The molecule has 2 aliphatic rings. The second kappa shape index (κ2) is 10.1. The number of Topliss-reactive ketones (excluding diaryl/α,β-unsaturated/α-hetero) is 1. The molecule has 1 N–H and O–H groups in total. The van der Waals surface area contributed by atoms with Crippen LogP contribution in [0.5, 0.6) is 5.75 Å². The number of carbonyl (C=O) groups excluding carboxylic acids is 3. The molecule has 36 heavy (non-hydrogen) atoms. The lowest BCUT2D eigenvalue weighted by Crippen LogP contribution is -2.52. The highest BCUT2D eigenvalue weighted by Gasteiger charge is 2.66. The highest BCUT2D eigenvalue weighted by atomic mass is 16.5. The molecule has 1 fully saturated rings. The van der Waals surface area contributed by atoms with E-state index in [4.69, 9.17) is 4.74 Å². The van der Waals surface area contributed by atoms with Crippen molar-refractivity contribution in [2.75, 3.05) is 45.2 Å². The predicted octanol–water partition coefficient (Wildman–Crippen LogP) is 3.37. The summed E-state index contributed by atoms with van der Waals surface area (Å²) in [5.74, 6) is -1.77. The lowest BCUT2D eigenvalue weighted by Gasteiger charge is -2.34. The van der Waals surface area contributed by atoms with E-state index in [9.17, 15) is 19.5 Å². The number of para-hydroxylation sites is 1. The van der Waals surface area contributed by atoms with Gasteiger partial charge in [-0.1, -0.05) is 25.1 Å². The Balaban J connectivity index is 1.95. The fraction of sp³-hybridized carbons (Fsp3) is 0.393. The molecule has 4 rings (SSSR count). The molecule has 0 saturated carbocycles. The van der Waals surface area contributed by atoms with Crippen LogP contribution in [-0.2, 0) is 19.9 Å². The largest absolute Gasteiger partial charge is 0.507 e. The minimum Gasteiger partial charge on any atom is -0.507 e. The van der Waals surface area contributed by atoms with Crippen molar-refractivity contribution in [1.82, 2.24) is 9.80 Å². The van der Waals surface area contributed by atoms with Crippen LogP contribution >= 0.6 is 0 Å². The number of anilines is 1. The number of amides is 2. The van der Waals surface area contributed by atoms with Gasteiger partial charge in [-0.3, -0.25) is 14.4 Å². The van der Waals surface area contributed by atoms with E-state index >= 15 is 0 Å². The molecule has 0 aliphatic carbocycles. The first kappa shape index (κ1) is 25.4. The normalized spacial score (nSPS) is 20.6. The first-order chi connectivity index (χ1) is 17.3. The van der Waals surface area contributed by atoms with E-state index in [1.807, 2.05) is 45.0 Å². The molecule has 1 saturated heterocycles. The zero-order chi connectivity index (χ0) is 26.0. The SMILES string of the molecule is CCCN1C(=O)C2(/C(=C(/O)c3ccc(OCC)cc3)C(=O)C(=O)N2CCCN(C)C)c2ccccc21. The van der Waals surface area contributed by atoms with Crippen molar-refractivity contribution in [1.29, 1.82) is 0 Å². The van der Waals surface area contributed by atoms with Gasteiger partial charge in [0.1, 0.15) is 11.5 Å². The van der Waals surface area contributed by atoms with Gasteiger partial charge in [-0.2, -0.15) is 0 Å². The first-order valence-corrected chi connectivity index (χ1v) is 12.4. The molecule has 2 aromatic carbocycles. The van der Waals surface area contributed by atoms with Crippen LogP contribution in [-0.4, -0.2) is 72.8 Å². The van der Waals surface area contributed by atoms with Crippen LogP contribution in [0.2, 0.25) is 0 Å². The summed E-state index contributed by atoms with van der Waals surface area (Å²) in [6.07, 6.45) is 1.26. The number of benzene rings is 2. The predicted molar refractivity (Wildman–Crippen MR) is 138 cm³/mol. The number of carbonyl (C=O) groups is 3. The minimum absolute atomic E-state index is 0.183. The number of hydrogen-bond donors (Lipinski definition) is 1. The topological polar surface area (TPSA) is 90.4 Å². The Morgan fingerprint density at radius 1 is 1.00 bits per heavy atom. The standard InChI is InChI=1S/C28H33N3O5/c1-5-16-30-22-11-8-7-10-21(22)28(27(30)35)23(24(32)19-12-14-20(15-13-19)36-6-2)25(33)26(34)31(28)18-9-17-29(3)4/h7-8,10-15,32H,5-6,9,16-18H2,1-4H3/b24-23+. The van der Waals surface area contributed by atoms with Gasteiger partial charge in [-0.05, 0) is 70.7 Å². The van der Waals surface area contributed by atoms with Crippen LogP contribution < -0.4 is 9.64 Å². The molecule has 2 aromatic rings. The number of rotatable bonds is 9. The molecule has 2 amide bonds. The van der Waals surface area contributed by atoms with E-state index in [0.29, 0.717) is 55.1 Å². The van der Waals surface area contributed by atoms with E-state index < -0.39 is 17.2 Å².